The lowest BCUT2D eigenvalue weighted by Gasteiger charge is -2.31. The summed E-state index contributed by atoms with van der Waals surface area (Å²) in [5.41, 5.74) is 2.94. The van der Waals surface area contributed by atoms with Gasteiger partial charge in [-0.2, -0.15) is 0 Å². The van der Waals surface area contributed by atoms with Crippen LogP contribution in [0.15, 0.2) is 18.2 Å². The quantitative estimate of drug-likeness (QED) is 0.908. The number of hydrogen-bond acceptors (Lipinski definition) is 2. The summed E-state index contributed by atoms with van der Waals surface area (Å²) < 4.78 is 0. The van der Waals surface area contributed by atoms with Gasteiger partial charge >= 0.3 is 0 Å². The summed E-state index contributed by atoms with van der Waals surface area (Å²) in [4.78, 5) is 14.7. The lowest BCUT2D eigenvalue weighted by atomic mass is 9.98. The predicted molar refractivity (Wildman–Crippen MR) is 84.3 cm³/mol. The molecule has 3 heteroatoms. The summed E-state index contributed by atoms with van der Waals surface area (Å²) in [7, 11) is 0. The molecule has 0 unspecified atom stereocenters. The Morgan fingerprint density at radius 3 is 2.70 bits per heavy atom. The van der Waals surface area contributed by atoms with Gasteiger partial charge in [0.25, 0.3) is 5.91 Å². The number of benzene rings is 1. The minimum absolute atomic E-state index is 0.180. The zero-order valence-electron chi connectivity index (χ0n) is 12.9. The van der Waals surface area contributed by atoms with Crippen LogP contribution in [0.4, 0.5) is 5.69 Å². The van der Waals surface area contributed by atoms with Crippen molar-refractivity contribution in [1.29, 1.82) is 0 Å². The van der Waals surface area contributed by atoms with E-state index in [1.54, 1.807) is 0 Å². The maximum Gasteiger partial charge on any atom is 0.255 e. The first-order chi connectivity index (χ1) is 9.61. The van der Waals surface area contributed by atoms with Crippen molar-refractivity contribution in [2.75, 3.05) is 25.0 Å². The van der Waals surface area contributed by atoms with E-state index in [1.807, 2.05) is 24.0 Å². The van der Waals surface area contributed by atoms with E-state index in [-0.39, 0.29) is 5.91 Å². The molecule has 0 spiro atoms. The number of carbonyl (C=O) groups excluding carboxylic acids is 1. The molecule has 3 nitrogen and oxygen atoms in total. The second-order valence-electron chi connectivity index (χ2n) is 5.95. The summed E-state index contributed by atoms with van der Waals surface area (Å²) in [6.45, 7) is 9.12. The number of aryl methyl sites for hydroxylation is 1. The van der Waals surface area contributed by atoms with Gasteiger partial charge in [-0.25, -0.2) is 0 Å². The van der Waals surface area contributed by atoms with E-state index in [0.717, 1.165) is 61.6 Å². The van der Waals surface area contributed by atoms with Gasteiger partial charge in [-0.15, -0.1) is 0 Å². The highest BCUT2D eigenvalue weighted by Gasteiger charge is 2.23. The monoisotopic (exact) mass is 274 g/mol. The first kappa shape index (κ1) is 14.9. The van der Waals surface area contributed by atoms with Crippen LogP contribution in [0.25, 0.3) is 0 Å². The molecule has 1 aromatic carbocycles. The lowest BCUT2D eigenvalue weighted by molar-refractivity contribution is 0.0698. The molecule has 0 radical (unpaired) electrons. The van der Waals surface area contributed by atoms with E-state index < -0.39 is 0 Å². The number of likely N-dealkylation sites (tertiary alicyclic amines) is 1. The molecule has 1 aliphatic rings. The van der Waals surface area contributed by atoms with Gasteiger partial charge in [0, 0.05) is 25.3 Å². The number of rotatable bonds is 4. The Kier molecular flexibility index (Phi) is 5.05. The molecule has 0 atom stereocenters. The smallest absolute Gasteiger partial charge is 0.255 e. The van der Waals surface area contributed by atoms with E-state index in [2.05, 4.69) is 25.2 Å². The van der Waals surface area contributed by atoms with Crippen LogP contribution < -0.4 is 5.32 Å². The number of hydrogen-bond donors (Lipinski definition) is 1. The fourth-order valence-electron chi connectivity index (χ4n) is 2.63. The Hall–Kier alpha value is -1.51. The molecule has 110 valence electrons. The number of nitrogens with one attached hydrogen (secondary N) is 1. The predicted octanol–water partition coefficient (Wildman–Crippen LogP) is 3.69. The van der Waals surface area contributed by atoms with Gasteiger partial charge in [-0.3, -0.25) is 4.79 Å². The topological polar surface area (TPSA) is 32.3 Å². The van der Waals surface area contributed by atoms with Crippen molar-refractivity contribution >= 4 is 11.6 Å². The number of nitrogens with zero attached hydrogens (tertiary/aromatic N) is 1. The normalized spacial score (nSPS) is 16.2. The lowest BCUT2D eigenvalue weighted by Crippen LogP contribution is -2.38. The zero-order chi connectivity index (χ0) is 14.5. The van der Waals surface area contributed by atoms with Crippen LogP contribution in [0.2, 0.25) is 0 Å². The van der Waals surface area contributed by atoms with Gasteiger partial charge in [-0.05, 0) is 44.2 Å². The van der Waals surface area contributed by atoms with Crippen LogP contribution in [0.1, 0.15) is 49.0 Å². The minimum Gasteiger partial charge on any atom is -0.384 e. The van der Waals surface area contributed by atoms with Gasteiger partial charge < -0.3 is 10.2 Å². The van der Waals surface area contributed by atoms with Crippen LogP contribution in [0.3, 0.4) is 0 Å². The third kappa shape index (κ3) is 3.53. The molecule has 1 heterocycles. The molecule has 0 bridgehead atoms. The van der Waals surface area contributed by atoms with Crippen molar-refractivity contribution in [2.45, 2.75) is 40.0 Å². The van der Waals surface area contributed by atoms with Gasteiger partial charge in [0.15, 0.2) is 0 Å². The zero-order valence-corrected chi connectivity index (χ0v) is 12.9. The maximum absolute atomic E-state index is 12.7. The highest BCUT2D eigenvalue weighted by Crippen LogP contribution is 2.23. The number of carbonyl (C=O) groups is 1. The average Bonchev–Trinajstić information content (AvgIpc) is 2.46. The number of amides is 1. The summed E-state index contributed by atoms with van der Waals surface area (Å²) >= 11 is 0. The minimum atomic E-state index is 0.180. The standard InChI is InChI=1S/C17H26N2O/c1-4-9-18-16-6-5-14(3)12-15(16)17(20)19-10-7-13(2)8-11-19/h5-6,12-13,18H,4,7-11H2,1-3H3. The maximum atomic E-state index is 12.7. The molecular formula is C17H26N2O. The van der Waals surface area contributed by atoms with Crippen molar-refractivity contribution in [3.05, 3.63) is 29.3 Å². The fraction of sp³-hybridized carbons (Fsp3) is 0.588. The Labute approximate surface area is 122 Å². The molecule has 1 aromatic rings. The summed E-state index contributed by atoms with van der Waals surface area (Å²) in [5.74, 6) is 0.924. The van der Waals surface area contributed by atoms with E-state index >= 15 is 0 Å². The molecule has 1 amide bonds. The Morgan fingerprint density at radius 2 is 2.05 bits per heavy atom. The van der Waals surface area contributed by atoms with E-state index in [0.29, 0.717) is 0 Å². The van der Waals surface area contributed by atoms with Crippen LogP contribution in [-0.2, 0) is 0 Å². The molecular weight excluding hydrogens is 248 g/mol. The summed E-state index contributed by atoms with van der Waals surface area (Å²) in [6.07, 6.45) is 3.30. The van der Waals surface area contributed by atoms with Crippen LogP contribution in [0, 0.1) is 12.8 Å². The summed E-state index contributed by atoms with van der Waals surface area (Å²) in [6, 6.07) is 6.11. The SMILES string of the molecule is CCCNc1ccc(C)cc1C(=O)N1CCC(C)CC1. The van der Waals surface area contributed by atoms with Gasteiger partial charge in [0.05, 0.1) is 5.56 Å². The highest BCUT2D eigenvalue weighted by molar-refractivity contribution is 5.99. The first-order valence-electron chi connectivity index (χ1n) is 7.75. The van der Waals surface area contributed by atoms with Crippen molar-refractivity contribution in [3.8, 4) is 0 Å². The summed E-state index contributed by atoms with van der Waals surface area (Å²) in [5, 5.41) is 3.37. The van der Waals surface area contributed by atoms with Gasteiger partial charge in [-0.1, -0.05) is 25.5 Å². The molecule has 20 heavy (non-hydrogen) atoms. The second-order valence-corrected chi connectivity index (χ2v) is 5.95. The van der Waals surface area contributed by atoms with Crippen LogP contribution >= 0.6 is 0 Å². The second kappa shape index (κ2) is 6.78. The molecule has 0 aromatic heterocycles. The van der Waals surface area contributed by atoms with E-state index in [9.17, 15) is 4.79 Å². The third-order valence-electron chi connectivity index (χ3n) is 4.04. The molecule has 1 saturated heterocycles. The largest absolute Gasteiger partial charge is 0.384 e. The molecule has 1 aliphatic heterocycles. The van der Waals surface area contributed by atoms with Crippen LogP contribution in [0.5, 0.6) is 0 Å². The highest BCUT2D eigenvalue weighted by atomic mass is 16.2. The molecule has 0 saturated carbocycles. The molecule has 1 N–H and O–H groups in total. The number of piperidine rings is 1. The third-order valence-corrected chi connectivity index (χ3v) is 4.04. The van der Waals surface area contributed by atoms with E-state index in [4.69, 9.17) is 0 Å². The Balaban J connectivity index is 2.17. The van der Waals surface area contributed by atoms with Gasteiger partial charge in [0.1, 0.15) is 0 Å². The molecule has 2 rings (SSSR count). The van der Waals surface area contributed by atoms with Crippen molar-refractivity contribution in [1.82, 2.24) is 4.90 Å². The van der Waals surface area contributed by atoms with Crippen LogP contribution in [-0.4, -0.2) is 30.4 Å². The first-order valence-corrected chi connectivity index (χ1v) is 7.75. The Bertz CT molecular complexity index is 462. The molecule has 0 aliphatic carbocycles. The van der Waals surface area contributed by atoms with Crippen molar-refractivity contribution in [3.63, 3.8) is 0 Å². The van der Waals surface area contributed by atoms with Crippen molar-refractivity contribution in [2.24, 2.45) is 5.92 Å². The van der Waals surface area contributed by atoms with Gasteiger partial charge in [0.2, 0.25) is 0 Å². The molecule has 1 fully saturated rings. The van der Waals surface area contributed by atoms with Crippen molar-refractivity contribution < 1.29 is 4.79 Å². The fourth-order valence-corrected chi connectivity index (χ4v) is 2.63. The number of anilines is 1. The van der Waals surface area contributed by atoms with E-state index in [1.165, 1.54) is 0 Å². The Morgan fingerprint density at radius 1 is 1.35 bits per heavy atom. The average molecular weight is 274 g/mol.